The molecule has 1 heterocycles. The van der Waals surface area contributed by atoms with Crippen LogP contribution in [0.4, 0.5) is 0 Å². The largest absolute Gasteiger partial charge is 0.350 e. The summed E-state index contributed by atoms with van der Waals surface area (Å²) in [5.74, 6) is -0.274. The number of amides is 1. The van der Waals surface area contributed by atoms with Crippen molar-refractivity contribution in [2.75, 3.05) is 0 Å². The highest BCUT2D eigenvalue weighted by atomic mass is 16.2. The van der Waals surface area contributed by atoms with Gasteiger partial charge in [0.05, 0.1) is 10.9 Å². The van der Waals surface area contributed by atoms with Crippen LogP contribution in [0.25, 0.3) is 10.9 Å². The zero-order valence-electron chi connectivity index (χ0n) is 15.6. The molecule has 6 nitrogen and oxygen atoms in total. The molecule has 2 aromatic carbocycles. The van der Waals surface area contributed by atoms with Crippen LogP contribution in [0.2, 0.25) is 0 Å². The Bertz CT molecular complexity index is 1080. The second-order valence-electron chi connectivity index (χ2n) is 6.60. The van der Waals surface area contributed by atoms with Crippen LogP contribution in [-0.2, 0) is 24.4 Å². The lowest BCUT2D eigenvalue weighted by Gasteiger charge is -2.14. The summed E-state index contributed by atoms with van der Waals surface area (Å²) in [5, 5.41) is 3.28. The molecule has 0 unspecified atom stereocenters. The van der Waals surface area contributed by atoms with E-state index in [4.69, 9.17) is 0 Å². The number of hydrogen-bond acceptors (Lipinski definition) is 3. The zero-order valence-corrected chi connectivity index (χ0v) is 15.6. The summed E-state index contributed by atoms with van der Waals surface area (Å²) in [6.45, 7) is 4.49. The maximum absolute atomic E-state index is 12.8. The van der Waals surface area contributed by atoms with Crippen molar-refractivity contribution in [3.05, 3.63) is 80.5 Å². The lowest BCUT2D eigenvalue weighted by Crippen LogP contribution is -2.42. The number of nitrogens with zero attached hydrogens (tertiary/aromatic N) is 2. The van der Waals surface area contributed by atoms with Crippen molar-refractivity contribution in [3.8, 4) is 0 Å². The van der Waals surface area contributed by atoms with Crippen molar-refractivity contribution < 1.29 is 4.79 Å². The summed E-state index contributed by atoms with van der Waals surface area (Å²) >= 11 is 0. The Morgan fingerprint density at radius 2 is 1.70 bits per heavy atom. The van der Waals surface area contributed by atoms with Crippen molar-refractivity contribution in [1.29, 1.82) is 0 Å². The van der Waals surface area contributed by atoms with Crippen molar-refractivity contribution in [2.45, 2.75) is 39.9 Å². The molecule has 6 heteroatoms. The summed E-state index contributed by atoms with van der Waals surface area (Å²) in [7, 11) is 0. The Labute approximate surface area is 157 Å². The number of hydrogen-bond donors (Lipinski definition) is 1. The summed E-state index contributed by atoms with van der Waals surface area (Å²) in [6.07, 6.45) is 0.660. The predicted molar refractivity (Wildman–Crippen MR) is 106 cm³/mol. The van der Waals surface area contributed by atoms with Crippen LogP contribution in [-0.4, -0.2) is 15.0 Å². The fourth-order valence-electron chi connectivity index (χ4n) is 3.05. The predicted octanol–water partition coefficient (Wildman–Crippen LogP) is 2.20. The van der Waals surface area contributed by atoms with Crippen molar-refractivity contribution in [1.82, 2.24) is 14.5 Å². The Kier molecular flexibility index (Phi) is 5.54. The number of aromatic nitrogens is 2. The molecule has 27 heavy (non-hydrogen) atoms. The third-order valence-electron chi connectivity index (χ3n) is 4.49. The van der Waals surface area contributed by atoms with E-state index in [9.17, 15) is 14.4 Å². The smallest absolute Gasteiger partial charge is 0.331 e. The van der Waals surface area contributed by atoms with E-state index in [0.717, 1.165) is 11.1 Å². The van der Waals surface area contributed by atoms with E-state index >= 15 is 0 Å². The maximum atomic E-state index is 12.8. The molecule has 0 saturated heterocycles. The third-order valence-corrected chi connectivity index (χ3v) is 4.49. The Balaban J connectivity index is 1.89. The van der Waals surface area contributed by atoms with Gasteiger partial charge in [0, 0.05) is 13.1 Å². The van der Waals surface area contributed by atoms with Crippen LogP contribution in [0.1, 0.15) is 24.5 Å². The molecule has 3 rings (SSSR count). The van der Waals surface area contributed by atoms with Gasteiger partial charge in [-0.3, -0.25) is 18.7 Å². The van der Waals surface area contributed by atoms with Crippen molar-refractivity contribution in [2.24, 2.45) is 0 Å². The molecule has 0 spiro atoms. The average Bonchev–Trinajstić information content (AvgIpc) is 2.68. The minimum atomic E-state index is -0.453. The molecule has 1 amide bonds. The van der Waals surface area contributed by atoms with Crippen LogP contribution in [0.15, 0.2) is 58.1 Å². The van der Waals surface area contributed by atoms with Crippen molar-refractivity contribution in [3.63, 3.8) is 0 Å². The minimum Gasteiger partial charge on any atom is -0.350 e. The fraction of sp³-hybridized carbons (Fsp3) is 0.286. The summed E-state index contributed by atoms with van der Waals surface area (Å²) in [4.78, 5) is 37.8. The van der Waals surface area contributed by atoms with E-state index in [1.54, 1.807) is 24.3 Å². The molecule has 0 aliphatic carbocycles. The van der Waals surface area contributed by atoms with Crippen LogP contribution in [0.5, 0.6) is 0 Å². The van der Waals surface area contributed by atoms with Gasteiger partial charge in [-0.05, 0) is 31.0 Å². The highest BCUT2D eigenvalue weighted by Gasteiger charge is 2.14. The van der Waals surface area contributed by atoms with Gasteiger partial charge in [-0.1, -0.05) is 48.9 Å². The number of rotatable bonds is 6. The normalized spacial score (nSPS) is 10.9. The number of fused-ring (bicyclic) bond motifs is 1. The van der Waals surface area contributed by atoms with Gasteiger partial charge in [0.2, 0.25) is 5.91 Å². The lowest BCUT2D eigenvalue weighted by molar-refractivity contribution is -0.121. The van der Waals surface area contributed by atoms with Gasteiger partial charge in [-0.25, -0.2) is 4.79 Å². The standard InChI is InChI=1S/C21H23N3O3/c1-3-12-23-20(26)17-6-4-5-7-18(17)24(21(23)27)14-19(25)22-13-16-10-8-15(2)9-11-16/h4-11H,3,12-14H2,1-2H3,(H,22,25). The molecule has 0 saturated carbocycles. The number of carbonyl (C=O) groups excluding carboxylic acids is 1. The molecule has 0 radical (unpaired) electrons. The first-order chi connectivity index (χ1) is 13.0. The van der Waals surface area contributed by atoms with E-state index in [0.29, 0.717) is 30.4 Å². The Hall–Kier alpha value is -3.15. The quantitative estimate of drug-likeness (QED) is 0.728. The van der Waals surface area contributed by atoms with Gasteiger partial charge in [-0.2, -0.15) is 0 Å². The van der Waals surface area contributed by atoms with Gasteiger partial charge < -0.3 is 5.32 Å². The summed E-state index contributed by atoms with van der Waals surface area (Å²) < 4.78 is 2.58. The molecule has 0 aliphatic rings. The van der Waals surface area contributed by atoms with Crippen molar-refractivity contribution >= 4 is 16.8 Å². The van der Waals surface area contributed by atoms with Crippen LogP contribution >= 0.6 is 0 Å². The van der Waals surface area contributed by atoms with E-state index in [2.05, 4.69) is 5.32 Å². The molecule has 0 aliphatic heterocycles. The number of carbonyl (C=O) groups is 1. The number of benzene rings is 2. The monoisotopic (exact) mass is 365 g/mol. The molecular weight excluding hydrogens is 342 g/mol. The first-order valence-corrected chi connectivity index (χ1v) is 9.06. The SMILES string of the molecule is CCCn1c(=O)c2ccccc2n(CC(=O)NCc2ccc(C)cc2)c1=O. The molecule has 0 fully saturated rings. The zero-order chi connectivity index (χ0) is 19.4. The minimum absolute atomic E-state index is 0.130. The molecule has 1 N–H and O–H groups in total. The molecule has 3 aromatic rings. The highest BCUT2D eigenvalue weighted by Crippen LogP contribution is 2.08. The van der Waals surface area contributed by atoms with Crippen LogP contribution < -0.4 is 16.6 Å². The molecule has 1 aromatic heterocycles. The van der Waals surface area contributed by atoms with Gasteiger partial charge >= 0.3 is 5.69 Å². The lowest BCUT2D eigenvalue weighted by atomic mass is 10.1. The maximum Gasteiger partial charge on any atom is 0.331 e. The van der Waals surface area contributed by atoms with Gasteiger partial charge in [0.15, 0.2) is 0 Å². The second-order valence-corrected chi connectivity index (χ2v) is 6.60. The fourth-order valence-corrected chi connectivity index (χ4v) is 3.05. The number of nitrogens with one attached hydrogen (secondary N) is 1. The van der Waals surface area contributed by atoms with E-state index < -0.39 is 5.69 Å². The molecule has 0 bridgehead atoms. The van der Waals surface area contributed by atoms with Crippen LogP contribution in [0.3, 0.4) is 0 Å². The Morgan fingerprint density at radius 1 is 1.00 bits per heavy atom. The van der Waals surface area contributed by atoms with E-state index in [-0.39, 0.29) is 18.0 Å². The first kappa shape index (κ1) is 18.6. The molecular formula is C21H23N3O3. The second kappa shape index (κ2) is 8.03. The number of para-hydroxylation sites is 1. The summed E-state index contributed by atoms with van der Waals surface area (Å²) in [5.41, 5.74) is 1.86. The Morgan fingerprint density at radius 3 is 2.41 bits per heavy atom. The molecule has 0 atom stereocenters. The third kappa shape index (κ3) is 4.00. The van der Waals surface area contributed by atoms with Gasteiger partial charge in [-0.15, -0.1) is 0 Å². The van der Waals surface area contributed by atoms with E-state index in [1.807, 2.05) is 38.1 Å². The van der Waals surface area contributed by atoms with Gasteiger partial charge in [0.25, 0.3) is 5.56 Å². The van der Waals surface area contributed by atoms with E-state index in [1.165, 1.54) is 9.13 Å². The molecule has 140 valence electrons. The number of aryl methyl sites for hydroxylation is 1. The average molecular weight is 365 g/mol. The topological polar surface area (TPSA) is 73.1 Å². The van der Waals surface area contributed by atoms with Gasteiger partial charge in [0.1, 0.15) is 6.54 Å². The first-order valence-electron chi connectivity index (χ1n) is 9.06. The summed E-state index contributed by atoms with van der Waals surface area (Å²) in [6, 6.07) is 14.8. The van der Waals surface area contributed by atoms with Crippen LogP contribution in [0, 0.1) is 6.92 Å². The highest BCUT2D eigenvalue weighted by molar-refractivity contribution is 5.81.